The lowest BCUT2D eigenvalue weighted by Gasteiger charge is -2.45. The number of ether oxygens (including phenoxy) is 1. The topological polar surface area (TPSA) is 63.7 Å². The number of halogens is 1. The zero-order valence-corrected chi connectivity index (χ0v) is 21.1. The van der Waals surface area contributed by atoms with Crippen LogP contribution in [-0.4, -0.2) is 17.8 Å². The normalized spacial score (nSPS) is 22.9. The smallest absolute Gasteiger partial charge is 0.343 e. The van der Waals surface area contributed by atoms with Crippen molar-refractivity contribution in [3.63, 3.8) is 0 Å². The first kappa shape index (κ1) is 22.2. The summed E-state index contributed by atoms with van der Waals surface area (Å²) in [5, 5.41) is 0. The van der Waals surface area contributed by atoms with Crippen molar-refractivity contribution in [3.8, 4) is 5.75 Å². The summed E-state index contributed by atoms with van der Waals surface area (Å²) in [5.41, 5.74) is 5.49. The lowest BCUT2D eigenvalue weighted by Crippen LogP contribution is -2.41. The summed E-state index contributed by atoms with van der Waals surface area (Å²) in [6.45, 7) is 0. The van der Waals surface area contributed by atoms with E-state index in [1.165, 1.54) is 4.90 Å². The number of imide groups is 1. The Labute approximate surface area is 221 Å². The van der Waals surface area contributed by atoms with Gasteiger partial charge in [-0.05, 0) is 70.8 Å². The molecule has 1 fully saturated rings. The maximum absolute atomic E-state index is 13.9. The van der Waals surface area contributed by atoms with Crippen molar-refractivity contribution >= 4 is 39.4 Å². The second-order valence-corrected chi connectivity index (χ2v) is 10.6. The molecule has 0 saturated carbocycles. The highest BCUT2D eigenvalue weighted by molar-refractivity contribution is 9.10. The SMILES string of the molecule is O=C(Oc1ccc(N2C(=O)[C@@H]3C4c5ccccc5C(c5ccccc54)[C@@H]3C2=O)cc1)c1ccc(Br)cc1. The molecule has 3 aliphatic carbocycles. The van der Waals surface area contributed by atoms with Crippen LogP contribution in [0.2, 0.25) is 0 Å². The summed E-state index contributed by atoms with van der Waals surface area (Å²) in [5.74, 6) is -1.64. The molecule has 180 valence electrons. The van der Waals surface area contributed by atoms with Crippen LogP contribution in [0.25, 0.3) is 0 Å². The summed E-state index contributed by atoms with van der Waals surface area (Å²) in [7, 11) is 0. The molecule has 0 N–H and O–H groups in total. The Morgan fingerprint density at radius 2 is 1.11 bits per heavy atom. The molecule has 4 aromatic carbocycles. The zero-order valence-electron chi connectivity index (χ0n) is 19.5. The standard InChI is InChI=1S/C31H20BrNO4/c32-18-11-9-17(10-12-18)31(36)37-20-15-13-19(14-16-20)33-29(34)27-25-21-5-1-2-6-22(21)26(28(27)30(33)35)24-8-4-3-7-23(24)25/h1-16,25-28H/t25?,26?,27-,28+. The molecule has 4 aromatic rings. The molecule has 0 aromatic heterocycles. The predicted octanol–water partition coefficient (Wildman–Crippen LogP) is 6.06. The molecule has 2 bridgehead atoms. The third-order valence-corrected chi connectivity index (χ3v) is 8.36. The minimum Gasteiger partial charge on any atom is -0.423 e. The number of benzene rings is 4. The van der Waals surface area contributed by atoms with Gasteiger partial charge in [-0.1, -0.05) is 64.5 Å². The highest BCUT2D eigenvalue weighted by Gasteiger charge is 2.61. The number of hydrogen-bond acceptors (Lipinski definition) is 4. The average molecular weight is 550 g/mol. The van der Waals surface area contributed by atoms with Crippen molar-refractivity contribution < 1.29 is 19.1 Å². The summed E-state index contributed by atoms with van der Waals surface area (Å²) in [4.78, 5) is 41.5. The molecule has 0 spiro atoms. The summed E-state index contributed by atoms with van der Waals surface area (Å²) in [6, 6.07) is 29.8. The van der Waals surface area contributed by atoms with E-state index in [1.807, 2.05) is 24.3 Å². The fourth-order valence-electron chi connectivity index (χ4n) is 6.35. The molecule has 1 aliphatic heterocycles. The van der Waals surface area contributed by atoms with Crippen molar-refractivity contribution in [1.82, 2.24) is 0 Å². The molecule has 8 rings (SSSR count). The Morgan fingerprint density at radius 1 is 0.649 bits per heavy atom. The van der Waals surface area contributed by atoms with E-state index >= 15 is 0 Å². The summed E-state index contributed by atoms with van der Waals surface area (Å²) < 4.78 is 6.36. The lowest BCUT2D eigenvalue weighted by atomic mass is 9.55. The second-order valence-electron chi connectivity index (χ2n) is 9.67. The van der Waals surface area contributed by atoms with E-state index in [0.29, 0.717) is 17.0 Å². The number of esters is 1. The number of hydrogen-bond donors (Lipinski definition) is 0. The van der Waals surface area contributed by atoms with E-state index in [9.17, 15) is 14.4 Å². The quantitative estimate of drug-likeness (QED) is 0.177. The number of carbonyl (C=O) groups is 3. The molecule has 2 atom stereocenters. The van der Waals surface area contributed by atoms with Gasteiger partial charge in [0.1, 0.15) is 5.75 Å². The Balaban J connectivity index is 1.21. The fourth-order valence-corrected chi connectivity index (χ4v) is 6.61. The molecule has 0 radical (unpaired) electrons. The van der Waals surface area contributed by atoms with Crippen LogP contribution in [0.4, 0.5) is 5.69 Å². The van der Waals surface area contributed by atoms with Gasteiger partial charge in [0.15, 0.2) is 0 Å². The number of anilines is 1. The van der Waals surface area contributed by atoms with Crippen molar-refractivity contribution in [1.29, 1.82) is 0 Å². The Kier molecular flexibility index (Phi) is 4.95. The van der Waals surface area contributed by atoms with E-state index in [0.717, 1.165) is 26.7 Å². The highest BCUT2D eigenvalue weighted by Crippen LogP contribution is 2.61. The first-order chi connectivity index (χ1) is 18.0. The van der Waals surface area contributed by atoms with Crippen LogP contribution in [0, 0.1) is 11.8 Å². The van der Waals surface area contributed by atoms with Crippen molar-refractivity contribution in [3.05, 3.63) is 129 Å². The van der Waals surface area contributed by atoms with Crippen molar-refractivity contribution in [2.45, 2.75) is 11.8 Å². The van der Waals surface area contributed by atoms with E-state index < -0.39 is 17.8 Å². The second kappa shape index (κ2) is 8.25. The van der Waals surface area contributed by atoms with Crippen LogP contribution >= 0.6 is 15.9 Å². The molecular formula is C31H20BrNO4. The van der Waals surface area contributed by atoms with Gasteiger partial charge in [0, 0.05) is 16.3 Å². The van der Waals surface area contributed by atoms with Crippen LogP contribution in [0.15, 0.2) is 102 Å². The summed E-state index contributed by atoms with van der Waals surface area (Å²) >= 11 is 3.35. The third-order valence-electron chi connectivity index (χ3n) is 7.83. The number of amides is 2. The maximum atomic E-state index is 13.9. The van der Waals surface area contributed by atoms with Gasteiger partial charge in [-0.2, -0.15) is 0 Å². The van der Waals surface area contributed by atoms with E-state index in [-0.39, 0.29) is 23.7 Å². The molecule has 2 amide bonds. The van der Waals surface area contributed by atoms with Crippen LogP contribution < -0.4 is 9.64 Å². The van der Waals surface area contributed by atoms with Gasteiger partial charge in [0.25, 0.3) is 0 Å². The lowest BCUT2D eigenvalue weighted by molar-refractivity contribution is -0.122. The highest BCUT2D eigenvalue weighted by atomic mass is 79.9. The maximum Gasteiger partial charge on any atom is 0.343 e. The van der Waals surface area contributed by atoms with E-state index in [1.54, 1.807) is 48.5 Å². The molecular weight excluding hydrogens is 530 g/mol. The first-order valence-corrected chi connectivity index (χ1v) is 13.0. The molecule has 37 heavy (non-hydrogen) atoms. The number of nitrogens with zero attached hydrogens (tertiary/aromatic N) is 1. The molecule has 6 heteroatoms. The number of carbonyl (C=O) groups excluding carboxylic acids is 3. The van der Waals surface area contributed by atoms with Crippen molar-refractivity contribution in [2.75, 3.05) is 4.90 Å². The fraction of sp³-hybridized carbons (Fsp3) is 0.129. The van der Waals surface area contributed by atoms with Crippen molar-refractivity contribution in [2.24, 2.45) is 11.8 Å². The Morgan fingerprint density at radius 3 is 1.57 bits per heavy atom. The first-order valence-electron chi connectivity index (χ1n) is 12.2. The van der Waals surface area contributed by atoms with Crippen LogP contribution in [0.3, 0.4) is 0 Å². The van der Waals surface area contributed by atoms with Gasteiger partial charge in [-0.25, -0.2) is 9.69 Å². The summed E-state index contributed by atoms with van der Waals surface area (Å²) in [6.07, 6.45) is 0. The third kappa shape index (κ3) is 3.25. The Bertz CT molecular complexity index is 1480. The molecule has 1 saturated heterocycles. The molecule has 4 aliphatic rings. The largest absolute Gasteiger partial charge is 0.423 e. The molecule has 0 unspecified atom stereocenters. The predicted molar refractivity (Wildman–Crippen MR) is 142 cm³/mol. The van der Waals surface area contributed by atoms with Gasteiger partial charge in [0.05, 0.1) is 23.1 Å². The van der Waals surface area contributed by atoms with Gasteiger partial charge >= 0.3 is 5.97 Å². The van der Waals surface area contributed by atoms with Gasteiger partial charge in [-0.15, -0.1) is 0 Å². The zero-order chi connectivity index (χ0) is 25.3. The van der Waals surface area contributed by atoms with E-state index in [2.05, 4.69) is 40.2 Å². The van der Waals surface area contributed by atoms with Gasteiger partial charge in [-0.3, -0.25) is 9.59 Å². The Hall–Kier alpha value is -4.03. The van der Waals surface area contributed by atoms with Gasteiger partial charge < -0.3 is 4.74 Å². The minimum absolute atomic E-state index is 0.144. The molecule has 5 nitrogen and oxygen atoms in total. The van der Waals surface area contributed by atoms with Gasteiger partial charge in [0.2, 0.25) is 11.8 Å². The van der Waals surface area contributed by atoms with Crippen LogP contribution in [-0.2, 0) is 9.59 Å². The average Bonchev–Trinajstić information content (AvgIpc) is 3.20. The molecule has 1 heterocycles. The van der Waals surface area contributed by atoms with E-state index in [4.69, 9.17) is 4.74 Å². The van der Waals surface area contributed by atoms with Crippen LogP contribution in [0.5, 0.6) is 5.75 Å². The monoisotopic (exact) mass is 549 g/mol. The minimum atomic E-state index is -0.480. The van der Waals surface area contributed by atoms with Crippen LogP contribution in [0.1, 0.15) is 44.4 Å². The number of rotatable bonds is 3.